The average molecular weight is 425 g/mol. The number of benzene rings is 1. The fraction of sp³-hybridized carbons (Fsp3) is 0.471. The number of rotatable bonds is 7. The highest BCUT2D eigenvalue weighted by Gasteiger charge is 2.14. The Kier molecular flexibility index (Phi) is 6.73. The molecule has 0 N–H and O–H groups in total. The van der Waals surface area contributed by atoms with Crippen LogP contribution >= 0.6 is 15.9 Å². The lowest BCUT2D eigenvalue weighted by Crippen LogP contribution is -2.45. The lowest BCUT2D eigenvalue weighted by Gasteiger charge is -2.26. The van der Waals surface area contributed by atoms with Crippen LogP contribution in [0.2, 0.25) is 0 Å². The van der Waals surface area contributed by atoms with E-state index in [1.807, 2.05) is 30.3 Å². The van der Waals surface area contributed by atoms with Crippen molar-refractivity contribution in [1.82, 2.24) is 19.2 Å². The van der Waals surface area contributed by atoms with Crippen LogP contribution in [0.3, 0.4) is 0 Å². The highest BCUT2D eigenvalue weighted by atomic mass is 79.9. The second-order valence-electron chi connectivity index (χ2n) is 5.95. The molecule has 1 aromatic heterocycles. The quantitative estimate of drug-likeness (QED) is 0.649. The van der Waals surface area contributed by atoms with Crippen molar-refractivity contribution in [3.8, 4) is 0 Å². The van der Waals surface area contributed by atoms with Crippen molar-refractivity contribution in [3.63, 3.8) is 0 Å². The van der Waals surface area contributed by atoms with Crippen molar-refractivity contribution >= 4 is 15.9 Å². The smallest absolute Gasteiger partial charge is 0.349 e. The summed E-state index contributed by atoms with van der Waals surface area (Å²) < 4.78 is 13.3. The highest BCUT2D eigenvalue weighted by molar-refractivity contribution is 9.10. The molecule has 0 unspecified atom stereocenters. The van der Waals surface area contributed by atoms with Crippen LogP contribution in [0.25, 0.3) is 0 Å². The Hall–Kier alpha value is -1.81. The first-order valence-corrected chi connectivity index (χ1v) is 9.23. The zero-order valence-electron chi connectivity index (χ0n) is 14.3. The van der Waals surface area contributed by atoms with Crippen LogP contribution in [-0.2, 0) is 29.4 Å². The maximum Gasteiger partial charge on any atom is 0.349 e. The van der Waals surface area contributed by atoms with Crippen molar-refractivity contribution in [2.45, 2.75) is 19.9 Å². The van der Waals surface area contributed by atoms with Gasteiger partial charge >= 0.3 is 5.69 Å². The molecule has 9 heteroatoms. The van der Waals surface area contributed by atoms with E-state index in [0.717, 1.165) is 23.2 Å². The number of hydrogen-bond acceptors (Lipinski definition) is 6. The van der Waals surface area contributed by atoms with Gasteiger partial charge in [-0.05, 0) is 21.5 Å². The van der Waals surface area contributed by atoms with Crippen molar-refractivity contribution in [2.75, 3.05) is 32.8 Å². The molecule has 1 aliphatic rings. The van der Waals surface area contributed by atoms with Gasteiger partial charge in [0, 0.05) is 19.6 Å². The van der Waals surface area contributed by atoms with E-state index in [4.69, 9.17) is 9.47 Å². The molecule has 0 atom stereocenters. The van der Waals surface area contributed by atoms with E-state index >= 15 is 0 Å². The van der Waals surface area contributed by atoms with Gasteiger partial charge in [-0.3, -0.25) is 9.69 Å². The molecule has 0 amide bonds. The second-order valence-corrected chi connectivity index (χ2v) is 6.70. The largest absolute Gasteiger partial charge is 0.379 e. The third-order valence-corrected chi connectivity index (χ3v) is 4.64. The summed E-state index contributed by atoms with van der Waals surface area (Å²) in [6.45, 7) is 4.32. The van der Waals surface area contributed by atoms with Gasteiger partial charge in [-0.25, -0.2) is 14.0 Å². The highest BCUT2D eigenvalue weighted by Crippen LogP contribution is 2.01. The summed E-state index contributed by atoms with van der Waals surface area (Å²) in [6.07, 6.45) is 0. The predicted molar refractivity (Wildman–Crippen MR) is 98.9 cm³/mol. The fourth-order valence-corrected chi connectivity index (χ4v) is 3.08. The molecule has 0 saturated carbocycles. The van der Waals surface area contributed by atoms with E-state index < -0.39 is 11.2 Å². The Balaban J connectivity index is 1.67. The second kappa shape index (κ2) is 9.22. The van der Waals surface area contributed by atoms with Crippen molar-refractivity contribution in [1.29, 1.82) is 0 Å². The molecule has 2 heterocycles. The first-order chi connectivity index (χ1) is 12.6. The molecule has 140 valence electrons. The summed E-state index contributed by atoms with van der Waals surface area (Å²) in [4.78, 5) is 27.0. The lowest BCUT2D eigenvalue weighted by atomic mass is 10.2. The van der Waals surface area contributed by atoms with Crippen LogP contribution in [0.15, 0.2) is 44.5 Å². The van der Waals surface area contributed by atoms with Crippen LogP contribution in [0.5, 0.6) is 0 Å². The minimum atomic E-state index is -0.495. The van der Waals surface area contributed by atoms with E-state index in [2.05, 4.69) is 25.9 Å². The molecule has 0 spiro atoms. The number of hydrogen-bond donors (Lipinski definition) is 0. The van der Waals surface area contributed by atoms with Gasteiger partial charge in [0.1, 0.15) is 6.73 Å². The van der Waals surface area contributed by atoms with Crippen LogP contribution in [0.1, 0.15) is 5.56 Å². The first kappa shape index (κ1) is 19.0. The maximum absolute atomic E-state index is 12.6. The number of ether oxygens (including phenoxy) is 2. The number of aromatic nitrogens is 3. The fourth-order valence-electron chi connectivity index (χ4n) is 2.68. The molecule has 2 aromatic rings. The molecule has 1 aromatic carbocycles. The standard InChI is InChI=1S/C17H21BrN4O4/c18-15-16(23)21(13-26-12-14-4-2-1-3-5-14)17(24)22(19-15)7-6-20-8-10-25-11-9-20/h1-5H,6-13H2. The molecule has 1 saturated heterocycles. The van der Waals surface area contributed by atoms with Crippen molar-refractivity contribution < 1.29 is 9.47 Å². The van der Waals surface area contributed by atoms with E-state index in [1.165, 1.54) is 4.68 Å². The number of morpholine rings is 1. The summed E-state index contributed by atoms with van der Waals surface area (Å²) in [5, 5.41) is 4.06. The van der Waals surface area contributed by atoms with Gasteiger partial charge in [-0.1, -0.05) is 30.3 Å². The summed E-state index contributed by atoms with van der Waals surface area (Å²) in [7, 11) is 0. The number of halogens is 1. The van der Waals surface area contributed by atoms with Crippen LogP contribution in [0, 0.1) is 0 Å². The Morgan fingerprint density at radius 3 is 2.58 bits per heavy atom. The molecule has 26 heavy (non-hydrogen) atoms. The van der Waals surface area contributed by atoms with Gasteiger partial charge in [-0.2, -0.15) is 5.10 Å². The Morgan fingerprint density at radius 2 is 1.85 bits per heavy atom. The van der Waals surface area contributed by atoms with Gasteiger partial charge in [0.15, 0.2) is 4.60 Å². The molecule has 0 radical (unpaired) electrons. The summed E-state index contributed by atoms with van der Waals surface area (Å²) in [5.74, 6) is 0. The third kappa shape index (κ3) is 4.88. The molecule has 3 rings (SSSR count). The molecular weight excluding hydrogens is 404 g/mol. The van der Waals surface area contributed by atoms with Crippen LogP contribution in [-0.4, -0.2) is 52.1 Å². The predicted octanol–water partition coefficient (Wildman–Crippen LogP) is 0.674. The Morgan fingerprint density at radius 1 is 1.12 bits per heavy atom. The maximum atomic E-state index is 12.6. The minimum Gasteiger partial charge on any atom is -0.379 e. The van der Waals surface area contributed by atoms with Crippen LogP contribution in [0.4, 0.5) is 0 Å². The summed E-state index contributed by atoms with van der Waals surface area (Å²) in [5.41, 5.74) is 0.00604. The number of nitrogens with zero attached hydrogens (tertiary/aromatic N) is 4. The molecule has 0 bridgehead atoms. The van der Waals surface area contributed by atoms with Gasteiger partial charge in [0.2, 0.25) is 0 Å². The molecule has 0 aliphatic carbocycles. The Bertz CT molecular complexity index is 831. The average Bonchev–Trinajstić information content (AvgIpc) is 2.68. The third-order valence-electron chi connectivity index (χ3n) is 4.15. The van der Waals surface area contributed by atoms with Gasteiger partial charge in [-0.15, -0.1) is 0 Å². The van der Waals surface area contributed by atoms with Crippen molar-refractivity contribution in [2.24, 2.45) is 0 Å². The van der Waals surface area contributed by atoms with Gasteiger partial charge in [0.05, 0.1) is 26.4 Å². The SMILES string of the molecule is O=c1c(Br)nn(CCN2CCOCC2)c(=O)n1COCc1ccccc1. The normalized spacial score (nSPS) is 15.3. The minimum absolute atomic E-state index is 0.0994. The van der Waals surface area contributed by atoms with E-state index in [1.54, 1.807) is 0 Å². The lowest BCUT2D eigenvalue weighted by molar-refractivity contribution is 0.0349. The Labute approximate surface area is 159 Å². The van der Waals surface area contributed by atoms with Crippen molar-refractivity contribution in [3.05, 3.63) is 61.3 Å². The summed E-state index contributed by atoms with van der Waals surface area (Å²) in [6, 6.07) is 9.58. The van der Waals surface area contributed by atoms with E-state index in [0.29, 0.717) is 32.9 Å². The molecule has 1 fully saturated rings. The molecule has 8 nitrogen and oxygen atoms in total. The van der Waals surface area contributed by atoms with E-state index in [-0.39, 0.29) is 11.3 Å². The zero-order chi connectivity index (χ0) is 18.4. The van der Waals surface area contributed by atoms with E-state index in [9.17, 15) is 9.59 Å². The zero-order valence-corrected chi connectivity index (χ0v) is 15.9. The van der Waals surface area contributed by atoms with Gasteiger partial charge < -0.3 is 9.47 Å². The van der Waals surface area contributed by atoms with Gasteiger partial charge in [0.25, 0.3) is 5.56 Å². The topological polar surface area (TPSA) is 78.6 Å². The van der Waals surface area contributed by atoms with Crippen LogP contribution < -0.4 is 11.2 Å². The summed E-state index contributed by atoms with van der Waals surface area (Å²) >= 11 is 3.14. The monoisotopic (exact) mass is 424 g/mol. The molecule has 1 aliphatic heterocycles. The molecular formula is C17H21BrN4O4. The first-order valence-electron chi connectivity index (χ1n) is 8.44.